The van der Waals surface area contributed by atoms with E-state index in [0.717, 1.165) is 88.6 Å². The lowest BCUT2D eigenvalue weighted by Crippen LogP contribution is -2.22. The Morgan fingerprint density at radius 3 is 1.14 bits per heavy atom. The standard InChI is InChI=1S/C60H36N10/c61-31-37-29-43(33-63)59(69-35-37)55-49(51-13-5-7-25-65-51)23-27-67-57(55)41-19-15-39(16-20-41)53-45-9-1-2-10-46(45)54(48-12-4-3-11-47(48)53)40-17-21-42(22-18-40)58-56(60-44(34-64)30-38(32-62)36-70-60)50(24-28-68-58)52-14-6-8-26-66-52/h1-30,35-36,57-58,67-68H. The number of dihydropyridines is 2. The summed E-state index contributed by atoms with van der Waals surface area (Å²) in [4.78, 5) is 18.7. The molecule has 0 amide bonds. The van der Waals surface area contributed by atoms with Crippen LogP contribution in [-0.2, 0) is 0 Å². The van der Waals surface area contributed by atoms with Crippen LogP contribution in [-0.4, -0.2) is 19.9 Å². The summed E-state index contributed by atoms with van der Waals surface area (Å²) in [7, 11) is 0. The van der Waals surface area contributed by atoms with Gasteiger partial charge in [-0.15, -0.1) is 0 Å². The van der Waals surface area contributed by atoms with E-state index in [2.05, 4.69) is 142 Å². The minimum atomic E-state index is -0.385. The second-order valence-electron chi connectivity index (χ2n) is 16.7. The molecule has 2 aliphatic heterocycles. The zero-order chi connectivity index (χ0) is 47.6. The fourth-order valence-corrected chi connectivity index (χ4v) is 9.74. The van der Waals surface area contributed by atoms with Crippen LogP contribution in [0.1, 0.15) is 68.2 Å². The number of allylic oxidation sites excluding steroid dienone is 4. The Labute approximate surface area is 403 Å². The lowest BCUT2D eigenvalue weighted by atomic mass is 9.83. The van der Waals surface area contributed by atoms with E-state index in [1.165, 1.54) is 12.4 Å². The smallest absolute Gasteiger partial charge is 0.101 e. The average Bonchev–Trinajstić information content (AvgIpc) is 3.44. The van der Waals surface area contributed by atoms with Gasteiger partial charge >= 0.3 is 0 Å². The molecule has 0 spiro atoms. The van der Waals surface area contributed by atoms with Crippen molar-refractivity contribution in [2.75, 3.05) is 0 Å². The molecule has 70 heavy (non-hydrogen) atoms. The van der Waals surface area contributed by atoms with E-state index in [9.17, 15) is 21.0 Å². The summed E-state index contributed by atoms with van der Waals surface area (Å²) < 4.78 is 0. The van der Waals surface area contributed by atoms with Gasteiger partial charge in [0.05, 0.1) is 57.1 Å². The van der Waals surface area contributed by atoms with E-state index in [4.69, 9.17) is 9.97 Å². The van der Waals surface area contributed by atoms with Crippen molar-refractivity contribution in [1.82, 2.24) is 30.6 Å². The molecule has 0 fully saturated rings. The SMILES string of the molecule is N#Cc1cnc(C2=C(c3ccccn3)C=CNC2c2ccc(-c3c4ccccc4c(-c4ccc(C5NC=CC(c6ccccn6)=C5c5ncc(C#N)cc5C#N)cc4)c4ccccc34)cc2)c(C#N)c1. The van der Waals surface area contributed by atoms with Gasteiger partial charge in [-0.25, -0.2) is 0 Å². The number of fused-ring (bicyclic) bond motifs is 2. The maximum atomic E-state index is 10.3. The Morgan fingerprint density at radius 2 is 0.800 bits per heavy atom. The number of benzene rings is 5. The Bertz CT molecular complexity index is 3550. The first-order valence-corrected chi connectivity index (χ1v) is 22.5. The molecule has 11 rings (SSSR count). The topological polar surface area (TPSA) is 171 Å². The molecule has 0 bridgehead atoms. The van der Waals surface area contributed by atoms with Gasteiger partial charge in [0.1, 0.15) is 24.3 Å². The van der Waals surface area contributed by atoms with Gasteiger partial charge in [0.15, 0.2) is 0 Å². The number of hydrogen-bond donors (Lipinski definition) is 2. The van der Waals surface area contributed by atoms with Gasteiger partial charge in [0.25, 0.3) is 0 Å². The molecule has 10 heteroatoms. The molecule has 0 saturated heterocycles. The van der Waals surface area contributed by atoms with E-state index in [0.29, 0.717) is 33.6 Å². The van der Waals surface area contributed by atoms with E-state index in [1.807, 2.05) is 61.0 Å². The van der Waals surface area contributed by atoms with Crippen LogP contribution < -0.4 is 10.6 Å². The molecule has 326 valence electrons. The van der Waals surface area contributed by atoms with Crippen molar-refractivity contribution in [2.24, 2.45) is 0 Å². The lowest BCUT2D eigenvalue weighted by Gasteiger charge is -2.28. The first kappa shape index (κ1) is 42.4. The molecule has 6 heterocycles. The molecule has 0 saturated carbocycles. The van der Waals surface area contributed by atoms with Gasteiger partial charge in [0.2, 0.25) is 0 Å². The summed E-state index contributed by atoms with van der Waals surface area (Å²) in [5.74, 6) is 0. The number of rotatable bonds is 8. The number of nitrogens with one attached hydrogen (secondary N) is 2. The Balaban J connectivity index is 1.00. The maximum absolute atomic E-state index is 10.3. The molecular formula is C60H36N10. The van der Waals surface area contributed by atoms with Gasteiger partial charge in [-0.2, -0.15) is 21.0 Å². The summed E-state index contributed by atoms with van der Waals surface area (Å²) in [6.07, 6.45) is 14.2. The highest BCUT2D eigenvalue weighted by Gasteiger charge is 2.30. The second kappa shape index (κ2) is 18.2. The molecule has 0 radical (unpaired) electrons. The number of nitrogens with zero attached hydrogens (tertiary/aromatic N) is 8. The van der Waals surface area contributed by atoms with E-state index in [1.54, 1.807) is 24.5 Å². The molecule has 9 aromatic rings. The minimum absolute atomic E-state index is 0.308. The van der Waals surface area contributed by atoms with Crippen LogP contribution >= 0.6 is 0 Å². The predicted octanol–water partition coefficient (Wildman–Crippen LogP) is 11.9. The van der Waals surface area contributed by atoms with Gasteiger partial charge in [-0.3, -0.25) is 19.9 Å². The fourth-order valence-electron chi connectivity index (χ4n) is 9.74. The van der Waals surface area contributed by atoms with Crippen molar-refractivity contribution < 1.29 is 0 Å². The van der Waals surface area contributed by atoms with Crippen molar-refractivity contribution >= 4 is 43.8 Å². The molecule has 2 atom stereocenters. The first-order chi connectivity index (χ1) is 34.6. The Hall–Kier alpha value is -10.3. The highest BCUT2D eigenvalue weighted by molar-refractivity contribution is 6.21. The second-order valence-corrected chi connectivity index (χ2v) is 16.7. The third-order valence-corrected chi connectivity index (χ3v) is 12.8. The zero-order valence-electron chi connectivity index (χ0n) is 37.2. The molecule has 2 N–H and O–H groups in total. The van der Waals surface area contributed by atoms with E-state index < -0.39 is 0 Å². The fraction of sp³-hybridized carbons (Fsp3) is 0.0333. The van der Waals surface area contributed by atoms with Crippen LogP contribution in [0.4, 0.5) is 0 Å². The normalized spacial score (nSPS) is 15.1. The molecular weight excluding hydrogens is 861 g/mol. The number of aromatic nitrogens is 4. The van der Waals surface area contributed by atoms with Crippen molar-refractivity contribution in [3.05, 3.63) is 251 Å². The van der Waals surface area contributed by atoms with Crippen molar-refractivity contribution in [3.63, 3.8) is 0 Å². The largest absolute Gasteiger partial charge is 0.380 e. The lowest BCUT2D eigenvalue weighted by molar-refractivity contribution is 0.763. The highest BCUT2D eigenvalue weighted by Crippen LogP contribution is 2.46. The van der Waals surface area contributed by atoms with Crippen LogP contribution in [0.25, 0.3) is 66.1 Å². The monoisotopic (exact) mass is 896 g/mol. The number of hydrogen-bond acceptors (Lipinski definition) is 10. The van der Waals surface area contributed by atoms with E-state index >= 15 is 0 Å². The summed E-state index contributed by atoms with van der Waals surface area (Å²) in [5, 5.41) is 51.4. The number of pyridine rings is 4. The Morgan fingerprint density at radius 1 is 0.414 bits per heavy atom. The quantitative estimate of drug-likeness (QED) is 0.140. The van der Waals surface area contributed by atoms with Crippen LogP contribution in [0.15, 0.2) is 195 Å². The molecule has 2 unspecified atom stereocenters. The summed E-state index contributed by atoms with van der Waals surface area (Å²) in [6, 6.07) is 56.8. The zero-order valence-corrected chi connectivity index (χ0v) is 37.2. The third kappa shape index (κ3) is 7.47. The van der Waals surface area contributed by atoms with Crippen LogP contribution in [0.2, 0.25) is 0 Å². The number of nitriles is 4. The molecule has 4 aromatic heterocycles. The van der Waals surface area contributed by atoms with Crippen molar-refractivity contribution in [1.29, 1.82) is 21.0 Å². The summed E-state index contributed by atoms with van der Waals surface area (Å²) >= 11 is 0. The van der Waals surface area contributed by atoms with E-state index in [-0.39, 0.29) is 12.1 Å². The average molecular weight is 897 g/mol. The van der Waals surface area contributed by atoms with Gasteiger partial charge < -0.3 is 10.6 Å². The van der Waals surface area contributed by atoms with Gasteiger partial charge in [0, 0.05) is 47.1 Å². The molecule has 2 aliphatic rings. The summed E-state index contributed by atoms with van der Waals surface area (Å²) in [5.41, 5.74) is 13.2. The van der Waals surface area contributed by atoms with Crippen molar-refractivity contribution in [3.8, 4) is 46.5 Å². The summed E-state index contributed by atoms with van der Waals surface area (Å²) in [6.45, 7) is 0. The minimum Gasteiger partial charge on any atom is -0.380 e. The highest BCUT2D eigenvalue weighted by atomic mass is 14.9. The molecule has 10 nitrogen and oxygen atoms in total. The van der Waals surface area contributed by atoms with Gasteiger partial charge in [-0.1, -0.05) is 109 Å². The molecule has 5 aromatic carbocycles. The van der Waals surface area contributed by atoms with Crippen LogP contribution in [0.5, 0.6) is 0 Å². The Kier molecular flexibility index (Phi) is 11.0. The van der Waals surface area contributed by atoms with Gasteiger partial charge in [-0.05, 0) is 116 Å². The van der Waals surface area contributed by atoms with Crippen molar-refractivity contribution in [2.45, 2.75) is 12.1 Å². The predicted molar refractivity (Wildman–Crippen MR) is 272 cm³/mol. The molecule has 0 aliphatic carbocycles. The van der Waals surface area contributed by atoms with Crippen LogP contribution in [0.3, 0.4) is 0 Å². The van der Waals surface area contributed by atoms with Crippen LogP contribution in [0, 0.1) is 45.3 Å². The third-order valence-electron chi connectivity index (χ3n) is 12.8. The first-order valence-electron chi connectivity index (χ1n) is 22.5. The maximum Gasteiger partial charge on any atom is 0.101 e.